The van der Waals surface area contributed by atoms with Crippen LogP contribution in [0, 0.1) is 6.92 Å². The maximum Gasteiger partial charge on any atom is 0.112 e. The minimum absolute atomic E-state index is 0.392. The Morgan fingerprint density at radius 2 is 2.22 bits per heavy atom. The van der Waals surface area contributed by atoms with Crippen LogP contribution in [0.2, 0.25) is 0 Å². The van der Waals surface area contributed by atoms with Gasteiger partial charge in [-0.15, -0.1) is 23.1 Å². The summed E-state index contributed by atoms with van der Waals surface area (Å²) >= 11 is 5.80. The number of aliphatic imine (C=N–C) groups is 1. The first-order chi connectivity index (χ1) is 8.72. The molecule has 0 saturated heterocycles. The van der Waals surface area contributed by atoms with E-state index in [1.54, 1.807) is 23.1 Å². The van der Waals surface area contributed by atoms with Crippen molar-refractivity contribution in [1.82, 2.24) is 9.97 Å². The maximum atomic E-state index is 4.58. The zero-order valence-corrected chi connectivity index (χ0v) is 13.4. The van der Waals surface area contributed by atoms with Gasteiger partial charge in [0, 0.05) is 22.9 Å². The summed E-state index contributed by atoms with van der Waals surface area (Å²) in [6.45, 7) is 2.01. The zero-order chi connectivity index (χ0) is 12.5. The van der Waals surface area contributed by atoms with E-state index in [2.05, 4.69) is 43.6 Å². The number of aryl methyl sites for hydroxylation is 1. The predicted octanol–water partition coefficient (Wildman–Crippen LogP) is 3.77. The second kappa shape index (κ2) is 5.26. The third-order valence-electron chi connectivity index (χ3n) is 2.51. The number of aromatic nitrogens is 2. The second-order valence-electron chi connectivity index (χ2n) is 3.86. The van der Waals surface area contributed by atoms with Crippen LogP contribution in [-0.4, -0.2) is 24.8 Å². The van der Waals surface area contributed by atoms with Gasteiger partial charge in [-0.25, -0.2) is 4.98 Å². The number of hydrogen-bond acceptors (Lipinski definition) is 5. The Morgan fingerprint density at radius 1 is 1.33 bits per heavy atom. The molecule has 0 saturated carbocycles. The molecule has 0 spiro atoms. The van der Waals surface area contributed by atoms with Gasteiger partial charge in [0.05, 0.1) is 16.4 Å². The first-order valence-corrected chi connectivity index (χ1v) is 8.57. The number of thiazole rings is 1. The largest absolute Gasteiger partial charge is 0.263 e. The van der Waals surface area contributed by atoms with E-state index in [-0.39, 0.29) is 0 Å². The highest BCUT2D eigenvalue weighted by atomic mass is 127. The van der Waals surface area contributed by atoms with E-state index >= 15 is 0 Å². The molecule has 1 aliphatic rings. The molecular formula is C12H10IN3S2. The molecule has 18 heavy (non-hydrogen) atoms. The number of hydrogen-bond donors (Lipinski definition) is 0. The van der Waals surface area contributed by atoms with Crippen molar-refractivity contribution in [3.8, 4) is 11.4 Å². The number of halogens is 1. The third-order valence-corrected chi connectivity index (χ3v) is 5.69. The first-order valence-electron chi connectivity index (χ1n) is 5.46. The zero-order valence-electron chi connectivity index (χ0n) is 9.63. The van der Waals surface area contributed by atoms with Crippen molar-refractivity contribution in [2.75, 3.05) is 5.75 Å². The van der Waals surface area contributed by atoms with Gasteiger partial charge in [-0.05, 0) is 19.1 Å². The van der Waals surface area contributed by atoms with Crippen LogP contribution < -0.4 is 0 Å². The Labute approximate surface area is 127 Å². The van der Waals surface area contributed by atoms with Crippen LogP contribution >= 0.6 is 45.7 Å². The maximum absolute atomic E-state index is 4.58. The van der Waals surface area contributed by atoms with Crippen LogP contribution in [0.15, 0.2) is 28.7 Å². The molecule has 3 rings (SSSR count). The van der Waals surface area contributed by atoms with Crippen molar-refractivity contribution in [1.29, 1.82) is 0 Å². The van der Waals surface area contributed by atoms with Gasteiger partial charge in [0.2, 0.25) is 0 Å². The smallest absolute Gasteiger partial charge is 0.112 e. The monoisotopic (exact) mass is 387 g/mol. The number of pyridine rings is 1. The first kappa shape index (κ1) is 12.6. The van der Waals surface area contributed by atoms with E-state index in [0.29, 0.717) is 4.05 Å². The van der Waals surface area contributed by atoms with Crippen molar-refractivity contribution < 1.29 is 0 Å². The van der Waals surface area contributed by atoms with Crippen molar-refractivity contribution in [2.45, 2.75) is 11.0 Å². The molecule has 0 unspecified atom stereocenters. The molecule has 1 aliphatic heterocycles. The highest BCUT2D eigenvalue weighted by molar-refractivity contribution is 14.1. The summed E-state index contributed by atoms with van der Waals surface area (Å²) in [5.41, 5.74) is 2.99. The molecule has 0 bridgehead atoms. The van der Waals surface area contributed by atoms with Crippen molar-refractivity contribution in [2.24, 2.45) is 4.99 Å². The van der Waals surface area contributed by atoms with Crippen LogP contribution in [0.25, 0.3) is 11.4 Å². The molecule has 2 aromatic rings. The lowest BCUT2D eigenvalue weighted by Gasteiger charge is -2.00. The number of nitrogens with zero attached hydrogens (tertiary/aromatic N) is 3. The van der Waals surface area contributed by atoms with E-state index in [1.165, 1.54) is 0 Å². The van der Waals surface area contributed by atoms with Gasteiger partial charge < -0.3 is 0 Å². The summed E-state index contributed by atoms with van der Waals surface area (Å²) in [5.74, 6) is 1.06. The van der Waals surface area contributed by atoms with Gasteiger partial charge in [0.25, 0.3) is 0 Å². The van der Waals surface area contributed by atoms with Gasteiger partial charge in [-0.3, -0.25) is 9.98 Å². The molecule has 6 heteroatoms. The summed E-state index contributed by atoms with van der Waals surface area (Å²) in [6.07, 6.45) is 1.89. The lowest BCUT2D eigenvalue weighted by atomic mass is 10.2. The van der Waals surface area contributed by atoms with Gasteiger partial charge in [-0.1, -0.05) is 22.6 Å². The third kappa shape index (κ3) is 2.60. The number of rotatable bonds is 2. The molecule has 2 aromatic heterocycles. The van der Waals surface area contributed by atoms with E-state index in [0.717, 1.165) is 32.8 Å². The average molecular weight is 387 g/mol. The van der Waals surface area contributed by atoms with Crippen LogP contribution in [0.4, 0.5) is 0 Å². The Hall–Kier alpha value is -0.470. The normalized spacial score (nSPS) is 19.0. The summed E-state index contributed by atoms with van der Waals surface area (Å²) < 4.78 is 0.392. The van der Waals surface area contributed by atoms with E-state index in [4.69, 9.17) is 0 Å². The SMILES string of the molecule is Cc1nc(-c2ccc(C3=N[C@H](I)CS3)cn2)cs1. The van der Waals surface area contributed by atoms with Gasteiger partial charge in [0.1, 0.15) is 9.09 Å². The minimum atomic E-state index is 0.392. The molecular weight excluding hydrogens is 377 g/mol. The lowest BCUT2D eigenvalue weighted by Crippen LogP contribution is -1.94. The molecule has 0 N–H and O–H groups in total. The molecule has 0 aromatic carbocycles. The highest BCUT2D eigenvalue weighted by Gasteiger charge is 2.17. The van der Waals surface area contributed by atoms with Crippen molar-refractivity contribution in [3.63, 3.8) is 0 Å². The van der Waals surface area contributed by atoms with E-state index in [1.807, 2.05) is 24.6 Å². The molecule has 0 fully saturated rings. The van der Waals surface area contributed by atoms with Gasteiger partial charge >= 0.3 is 0 Å². The molecule has 92 valence electrons. The summed E-state index contributed by atoms with van der Waals surface area (Å²) in [5, 5.41) is 4.21. The topological polar surface area (TPSA) is 38.1 Å². The predicted molar refractivity (Wildman–Crippen MR) is 86.9 cm³/mol. The Balaban J connectivity index is 1.87. The Bertz CT molecular complexity index is 592. The Morgan fingerprint density at radius 3 is 2.78 bits per heavy atom. The number of thioether (sulfide) groups is 1. The fourth-order valence-corrected chi connectivity index (χ4v) is 4.13. The molecule has 0 radical (unpaired) electrons. The van der Waals surface area contributed by atoms with Crippen LogP contribution in [0.1, 0.15) is 10.6 Å². The number of alkyl halides is 1. The quantitative estimate of drug-likeness (QED) is 0.447. The van der Waals surface area contributed by atoms with Crippen LogP contribution in [0.5, 0.6) is 0 Å². The van der Waals surface area contributed by atoms with Crippen molar-refractivity contribution in [3.05, 3.63) is 34.3 Å². The standard InChI is InChI=1S/C12H10IN3S2/c1-7-15-10(5-17-7)9-3-2-8(4-14-9)12-16-11(13)6-18-12/h2-5,11H,6H2,1H3/t11-/m0/s1. The summed E-state index contributed by atoms with van der Waals surface area (Å²) in [6, 6.07) is 4.10. The fraction of sp³-hybridized carbons (Fsp3) is 0.250. The van der Waals surface area contributed by atoms with E-state index in [9.17, 15) is 0 Å². The lowest BCUT2D eigenvalue weighted by molar-refractivity contribution is 1.13. The highest BCUT2D eigenvalue weighted by Crippen LogP contribution is 2.27. The summed E-state index contributed by atoms with van der Waals surface area (Å²) in [7, 11) is 0. The van der Waals surface area contributed by atoms with Gasteiger partial charge in [0.15, 0.2) is 0 Å². The van der Waals surface area contributed by atoms with E-state index < -0.39 is 0 Å². The average Bonchev–Trinajstić information content (AvgIpc) is 2.98. The fourth-order valence-electron chi connectivity index (χ4n) is 1.66. The van der Waals surface area contributed by atoms with Gasteiger partial charge in [-0.2, -0.15) is 0 Å². The minimum Gasteiger partial charge on any atom is -0.263 e. The molecule has 1 atom stereocenters. The molecule has 3 nitrogen and oxygen atoms in total. The Kier molecular flexibility index (Phi) is 3.67. The van der Waals surface area contributed by atoms with Crippen LogP contribution in [0.3, 0.4) is 0 Å². The second-order valence-corrected chi connectivity index (χ2v) is 7.37. The molecule has 0 aliphatic carbocycles. The molecule has 0 amide bonds. The van der Waals surface area contributed by atoms with Crippen molar-refractivity contribution >= 4 is 50.7 Å². The molecule has 3 heterocycles. The summed E-state index contributed by atoms with van der Waals surface area (Å²) in [4.78, 5) is 13.5. The van der Waals surface area contributed by atoms with Crippen LogP contribution in [-0.2, 0) is 0 Å².